The molecule has 1 N–H and O–H groups in total. The number of benzene rings is 3. The van der Waals surface area contributed by atoms with Crippen LogP contribution in [0.1, 0.15) is 49.3 Å². The van der Waals surface area contributed by atoms with Crippen LogP contribution in [0.3, 0.4) is 0 Å². The van der Waals surface area contributed by atoms with Gasteiger partial charge in [0.05, 0.1) is 11.2 Å². The van der Waals surface area contributed by atoms with Crippen molar-refractivity contribution in [3.8, 4) is 22.8 Å². The summed E-state index contributed by atoms with van der Waals surface area (Å²) in [6.45, 7) is 7.28. The Morgan fingerprint density at radius 3 is 2.45 bits per heavy atom. The minimum absolute atomic E-state index is 0.310. The Morgan fingerprint density at radius 1 is 1.07 bits per heavy atom. The molecule has 2 amide bonds. The van der Waals surface area contributed by atoms with Crippen molar-refractivity contribution in [1.82, 2.24) is 20.1 Å². The number of carbonyl (C=O) groups is 1. The van der Waals surface area contributed by atoms with Gasteiger partial charge in [-0.3, -0.25) is 0 Å². The number of amides is 2. The van der Waals surface area contributed by atoms with Gasteiger partial charge in [-0.2, -0.15) is 4.99 Å². The van der Waals surface area contributed by atoms with Crippen LogP contribution < -0.4 is 15.0 Å². The first-order valence-electron chi connectivity index (χ1n) is 14.3. The van der Waals surface area contributed by atoms with Gasteiger partial charge in [0.2, 0.25) is 0 Å². The normalized spacial score (nSPS) is 16.9. The highest BCUT2D eigenvalue weighted by molar-refractivity contribution is 8.14. The standard InChI is InChI=1S/C32H31F3N6O2S/c1-20(2)27-21(3)5-4-6-26(27)40-17-18-44-30(40)37-29(42)38-31(15-16-31)23-9-7-22(8-10-23)28-36-19-41(39-28)24-11-13-25(14-12-24)43-32(33,34)35/h4-14,19-20H,15-18H2,1-3H3,(H,38,42)/b37-30-. The van der Waals surface area contributed by atoms with E-state index in [1.54, 1.807) is 11.8 Å². The highest BCUT2D eigenvalue weighted by atomic mass is 32.2. The second-order valence-electron chi connectivity index (χ2n) is 11.2. The van der Waals surface area contributed by atoms with Crippen LogP contribution in [0.2, 0.25) is 0 Å². The van der Waals surface area contributed by atoms with Crippen LogP contribution in [0.4, 0.5) is 23.7 Å². The quantitative estimate of drug-likeness (QED) is 0.229. The summed E-state index contributed by atoms with van der Waals surface area (Å²) in [6.07, 6.45) is -1.62. The molecule has 0 spiro atoms. The van der Waals surface area contributed by atoms with Gasteiger partial charge in [-0.1, -0.05) is 62.0 Å². The average molecular weight is 621 g/mol. The van der Waals surface area contributed by atoms with Crippen LogP contribution in [-0.2, 0) is 5.54 Å². The molecule has 1 aromatic heterocycles. The van der Waals surface area contributed by atoms with Gasteiger partial charge in [-0.15, -0.1) is 18.3 Å². The lowest BCUT2D eigenvalue weighted by molar-refractivity contribution is -0.274. The Kier molecular flexibility index (Phi) is 7.87. The second-order valence-corrected chi connectivity index (χ2v) is 12.3. The zero-order valence-corrected chi connectivity index (χ0v) is 25.2. The number of aromatic nitrogens is 3. The summed E-state index contributed by atoms with van der Waals surface area (Å²) < 4.78 is 42.7. The first kappa shape index (κ1) is 29.7. The Morgan fingerprint density at radius 2 is 1.80 bits per heavy atom. The van der Waals surface area contributed by atoms with E-state index in [2.05, 4.69) is 62.9 Å². The summed E-state index contributed by atoms with van der Waals surface area (Å²) in [4.78, 5) is 24.2. The van der Waals surface area contributed by atoms with Gasteiger partial charge in [-0.25, -0.2) is 14.5 Å². The molecule has 3 aromatic carbocycles. The van der Waals surface area contributed by atoms with Crippen LogP contribution in [0.15, 0.2) is 78.0 Å². The number of carbonyl (C=O) groups excluding carboxylic acids is 1. The van der Waals surface area contributed by atoms with Crippen molar-refractivity contribution in [2.45, 2.75) is 51.4 Å². The fourth-order valence-corrected chi connectivity index (χ4v) is 6.51. The molecular formula is C32H31F3N6O2S. The molecule has 44 heavy (non-hydrogen) atoms. The van der Waals surface area contributed by atoms with E-state index in [4.69, 9.17) is 0 Å². The Balaban J connectivity index is 1.14. The number of aryl methyl sites for hydroxylation is 1. The van der Waals surface area contributed by atoms with Crippen molar-refractivity contribution in [2.24, 2.45) is 4.99 Å². The number of rotatable bonds is 7. The number of hydrogen-bond acceptors (Lipinski definition) is 5. The molecule has 0 radical (unpaired) electrons. The SMILES string of the molecule is Cc1cccc(N2CCS/C2=N\C(=O)NC2(c3ccc(-c4ncn(-c5ccc(OC(F)(F)F)cc5)n4)cc3)CC2)c1C(C)C. The number of thioether (sulfide) groups is 1. The van der Waals surface area contributed by atoms with Gasteiger partial charge in [0.15, 0.2) is 11.0 Å². The van der Waals surface area contributed by atoms with Gasteiger partial charge in [0.25, 0.3) is 0 Å². The van der Waals surface area contributed by atoms with Gasteiger partial charge >= 0.3 is 12.4 Å². The average Bonchev–Trinajstić information content (AvgIpc) is 3.35. The third kappa shape index (κ3) is 6.30. The van der Waals surface area contributed by atoms with Gasteiger partial charge < -0.3 is 15.0 Å². The molecule has 6 rings (SSSR count). The molecule has 12 heteroatoms. The second kappa shape index (κ2) is 11.6. The molecule has 228 valence electrons. The number of nitrogens with one attached hydrogen (secondary N) is 1. The number of nitrogens with zero attached hydrogens (tertiary/aromatic N) is 5. The summed E-state index contributed by atoms with van der Waals surface area (Å²) in [7, 11) is 0. The van der Waals surface area contributed by atoms with Crippen molar-refractivity contribution in [2.75, 3.05) is 17.2 Å². The lowest BCUT2D eigenvalue weighted by Crippen LogP contribution is -2.34. The molecule has 4 aromatic rings. The molecule has 1 aliphatic heterocycles. The maximum absolute atomic E-state index is 13.2. The summed E-state index contributed by atoms with van der Waals surface area (Å²) in [5.74, 6) is 1.37. The maximum Gasteiger partial charge on any atom is 0.573 e. The molecule has 0 bridgehead atoms. The van der Waals surface area contributed by atoms with Crippen LogP contribution in [-0.4, -0.2) is 44.6 Å². The maximum atomic E-state index is 13.2. The number of anilines is 1. The smallest absolute Gasteiger partial charge is 0.406 e. The number of ether oxygens (including phenoxy) is 1. The number of urea groups is 1. The highest BCUT2D eigenvalue weighted by Gasteiger charge is 2.46. The predicted octanol–water partition coefficient (Wildman–Crippen LogP) is 7.57. The van der Waals surface area contributed by atoms with Crippen molar-refractivity contribution in [3.63, 3.8) is 0 Å². The summed E-state index contributed by atoms with van der Waals surface area (Å²) in [5.41, 5.74) is 5.43. The van der Waals surface area contributed by atoms with E-state index in [0.717, 1.165) is 42.0 Å². The van der Waals surface area contributed by atoms with Crippen molar-refractivity contribution in [1.29, 1.82) is 0 Å². The Bertz CT molecular complexity index is 1700. The number of amidine groups is 1. The first-order valence-corrected chi connectivity index (χ1v) is 15.3. The third-order valence-corrected chi connectivity index (χ3v) is 8.72. The molecule has 1 saturated heterocycles. The molecular weight excluding hydrogens is 589 g/mol. The van der Waals surface area contributed by atoms with Crippen LogP contribution in [0.25, 0.3) is 17.1 Å². The van der Waals surface area contributed by atoms with E-state index in [1.807, 2.05) is 30.3 Å². The van der Waals surface area contributed by atoms with Crippen LogP contribution in [0, 0.1) is 6.92 Å². The van der Waals surface area contributed by atoms with E-state index in [0.29, 0.717) is 22.6 Å². The zero-order chi connectivity index (χ0) is 31.1. The van der Waals surface area contributed by atoms with Crippen molar-refractivity contribution in [3.05, 3.63) is 89.7 Å². The largest absolute Gasteiger partial charge is 0.573 e. The van der Waals surface area contributed by atoms with E-state index in [1.165, 1.54) is 46.4 Å². The lowest BCUT2D eigenvalue weighted by atomic mass is 9.95. The van der Waals surface area contributed by atoms with E-state index >= 15 is 0 Å². The highest BCUT2D eigenvalue weighted by Crippen LogP contribution is 2.46. The topological polar surface area (TPSA) is 84.6 Å². The number of aliphatic imine (C=N–C) groups is 1. The third-order valence-electron chi connectivity index (χ3n) is 7.76. The van der Waals surface area contributed by atoms with Crippen LogP contribution in [0.5, 0.6) is 5.75 Å². The summed E-state index contributed by atoms with van der Waals surface area (Å²) in [5, 5.41) is 8.34. The van der Waals surface area contributed by atoms with E-state index in [-0.39, 0.29) is 11.8 Å². The molecule has 2 fully saturated rings. The monoisotopic (exact) mass is 620 g/mol. The zero-order valence-electron chi connectivity index (χ0n) is 24.4. The fourth-order valence-electron chi connectivity index (χ4n) is 5.56. The number of halogens is 3. The van der Waals surface area contributed by atoms with Crippen molar-refractivity contribution >= 4 is 28.6 Å². The minimum atomic E-state index is -4.75. The summed E-state index contributed by atoms with van der Waals surface area (Å²) in [6, 6.07) is 19.0. The molecule has 1 saturated carbocycles. The molecule has 0 unspecified atom stereocenters. The minimum Gasteiger partial charge on any atom is -0.406 e. The molecule has 2 aliphatic rings. The molecule has 8 nitrogen and oxygen atoms in total. The summed E-state index contributed by atoms with van der Waals surface area (Å²) >= 11 is 1.59. The number of hydrogen-bond donors (Lipinski definition) is 1. The van der Waals surface area contributed by atoms with Crippen molar-refractivity contribution < 1.29 is 22.7 Å². The lowest BCUT2D eigenvalue weighted by Gasteiger charge is -2.25. The number of alkyl halides is 3. The van der Waals surface area contributed by atoms with Gasteiger partial charge in [0.1, 0.15) is 12.1 Å². The predicted molar refractivity (Wildman–Crippen MR) is 165 cm³/mol. The Labute approximate surface area is 257 Å². The van der Waals surface area contributed by atoms with Gasteiger partial charge in [0, 0.05) is 23.5 Å². The van der Waals surface area contributed by atoms with Gasteiger partial charge in [-0.05, 0) is 72.7 Å². The fraction of sp³-hybridized carbons (Fsp3) is 0.312. The molecule has 0 atom stereocenters. The molecule has 1 aliphatic carbocycles. The van der Waals surface area contributed by atoms with E-state index < -0.39 is 11.9 Å². The van der Waals surface area contributed by atoms with E-state index in [9.17, 15) is 18.0 Å². The first-order chi connectivity index (χ1) is 21.0. The van der Waals surface area contributed by atoms with Crippen LogP contribution >= 0.6 is 11.8 Å². The molecule has 2 heterocycles. The Hall–Kier alpha value is -4.32.